The summed E-state index contributed by atoms with van der Waals surface area (Å²) in [5.41, 5.74) is 13.0. The van der Waals surface area contributed by atoms with Crippen LogP contribution in [0, 0.1) is 0 Å². The summed E-state index contributed by atoms with van der Waals surface area (Å²) in [5, 5.41) is 7.42. The normalized spacial score (nSPS) is 13.7. The molecular formula is C43H29NO. The summed E-state index contributed by atoms with van der Waals surface area (Å²) in [5.74, 6) is 0. The summed E-state index contributed by atoms with van der Waals surface area (Å²) >= 11 is 0. The molecule has 2 heterocycles. The molecule has 2 nitrogen and oxygen atoms in total. The molecule has 0 amide bonds. The van der Waals surface area contributed by atoms with Gasteiger partial charge in [0.1, 0.15) is 11.2 Å². The van der Waals surface area contributed by atoms with Crippen LogP contribution in [0.1, 0.15) is 25.0 Å². The molecule has 2 aromatic heterocycles. The maximum atomic E-state index is 6.53. The first kappa shape index (κ1) is 24.8. The van der Waals surface area contributed by atoms with Crippen molar-refractivity contribution >= 4 is 54.5 Å². The average Bonchev–Trinajstić information content (AvgIpc) is 3.70. The van der Waals surface area contributed by atoms with Gasteiger partial charge in [-0.1, -0.05) is 111 Å². The van der Waals surface area contributed by atoms with Crippen molar-refractivity contribution in [3.8, 4) is 27.9 Å². The number of para-hydroxylation sites is 2. The van der Waals surface area contributed by atoms with Gasteiger partial charge in [-0.25, -0.2) is 0 Å². The molecule has 45 heavy (non-hydrogen) atoms. The molecule has 2 heteroatoms. The van der Waals surface area contributed by atoms with E-state index in [2.05, 4.69) is 152 Å². The third-order valence-electron chi connectivity index (χ3n) is 10.2. The van der Waals surface area contributed by atoms with Gasteiger partial charge >= 0.3 is 0 Å². The van der Waals surface area contributed by atoms with Crippen LogP contribution >= 0.6 is 0 Å². The molecule has 7 aromatic carbocycles. The van der Waals surface area contributed by atoms with E-state index in [1.54, 1.807) is 0 Å². The maximum Gasteiger partial charge on any atom is 0.143 e. The molecule has 9 aromatic rings. The summed E-state index contributed by atoms with van der Waals surface area (Å²) in [6.07, 6.45) is 0. The van der Waals surface area contributed by atoms with Gasteiger partial charge in [0.25, 0.3) is 0 Å². The number of fused-ring (bicyclic) bond motifs is 11. The van der Waals surface area contributed by atoms with Crippen molar-refractivity contribution in [2.24, 2.45) is 0 Å². The largest absolute Gasteiger partial charge is 0.455 e. The molecule has 0 aliphatic heterocycles. The van der Waals surface area contributed by atoms with Crippen LogP contribution in [-0.4, -0.2) is 4.57 Å². The Hall–Kier alpha value is -5.60. The lowest BCUT2D eigenvalue weighted by Crippen LogP contribution is -2.15. The fourth-order valence-corrected chi connectivity index (χ4v) is 7.93. The van der Waals surface area contributed by atoms with Gasteiger partial charge in [0.15, 0.2) is 0 Å². The minimum Gasteiger partial charge on any atom is -0.455 e. The van der Waals surface area contributed by atoms with Crippen molar-refractivity contribution in [2.45, 2.75) is 19.3 Å². The first-order valence-electron chi connectivity index (χ1n) is 15.7. The van der Waals surface area contributed by atoms with E-state index in [9.17, 15) is 0 Å². The van der Waals surface area contributed by atoms with Gasteiger partial charge in [0, 0.05) is 38.2 Å². The van der Waals surface area contributed by atoms with Gasteiger partial charge in [-0.15, -0.1) is 0 Å². The Kier molecular flexibility index (Phi) is 4.82. The molecule has 1 aliphatic rings. The van der Waals surface area contributed by atoms with E-state index in [1.165, 1.54) is 82.4 Å². The van der Waals surface area contributed by atoms with Crippen molar-refractivity contribution in [1.82, 2.24) is 4.57 Å². The van der Waals surface area contributed by atoms with Gasteiger partial charge in [-0.2, -0.15) is 0 Å². The van der Waals surface area contributed by atoms with E-state index in [-0.39, 0.29) is 5.41 Å². The minimum absolute atomic E-state index is 0.157. The highest BCUT2D eigenvalue weighted by Crippen LogP contribution is 2.53. The lowest BCUT2D eigenvalue weighted by molar-refractivity contribution is 0.653. The van der Waals surface area contributed by atoms with E-state index in [1.807, 2.05) is 6.07 Å². The van der Waals surface area contributed by atoms with Crippen LogP contribution in [0.2, 0.25) is 0 Å². The van der Waals surface area contributed by atoms with Crippen LogP contribution < -0.4 is 0 Å². The number of nitrogens with zero attached hydrogens (tertiary/aromatic N) is 1. The zero-order valence-electron chi connectivity index (χ0n) is 25.1. The second-order valence-electron chi connectivity index (χ2n) is 13.0. The summed E-state index contributed by atoms with van der Waals surface area (Å²) in [6, 6.07) is 51.0. The van der Waals surface area contributed by atoms with Crippen LogP contribution in [-0.2, 0) is 5.41 Å². The van der Waals surface area contributed by atoms with E-state index >= 15 is 0 Å². The number of hydrogen-bond acceptors (Lipinski definition) is 1. The maximum absolute atomic E-state index is 6.53. The lowest BCUT2D eigenvalue weighted by atomic mass is 9.82. The molecule has 0 unspecified atom stereocenters. The molecule has 0 atom stereocenters. The molecule has 0 bridgehead atoms. The van der Waals surface area contributed by atoms with Crippen LogP contribution in [0.15, 0.2) is 144 Å². The zero-order chi connectivity index (χ0) is 29.9. The Bertz CT molecular complexity index is 2680. The molecule has 212 valence electrons. The Morgan fingerprint density at radius 1 is 0.511 bits per heavy atom. The molecule has 0 saturated carbocycles. The number of benzene rings is 7. The third kappa shape index (κ3) is 3.34. The van der Waals surface area contributed by atoms with Crippen molar-refractivity contribution in [3.63, 3.8) is 0 Å². The van der Waals surface area contributed by atoms with E-state index in [0.717, 1.165) is 11.2 Å². The highest BCUT2D eigenvalue weighted by molar-refractivity contribution is 6.13. The van der Waals surface area contributed by atoms with Gasteiger partial charge in [0.05, 0.1) is 11.0 Å². The minimum atomic E-state index is -0.157. The summed E-state index contributed by atoms with van der Waals surface area (Å²) in [4.78, 5) is 0. The Morgan fingerprint density at radius 2 is 1.24 bits per heavy atom. The fraction of sp³-hybridized carbons (Fsp3) is 0.0698. The Balaban J connectivity index is 1.18. The molecule has 10 rings (SSSR count). The topological polar surface area (TPSA) is 18.1 Å². The monoisotopic (exact) mass is 575 g/mol. The molecule has 0 N–H and O–H groups in total. The van der Waals surface area contributed by atoms with Gasteiger partial charge in [0.2, 0.25) is 0 Å². The lowest BCUT2D eigenvalue weighted by Gasteiger charge is -2.22. The van der Waals surface area contributed by atoms with Crippen LogP contribution in [0.4, 0.5) is 0 Å². The SMILES string of the molecule is CC1(C)c2cc(-n3c4ccccc4c4cc(-c5ccc6ccccc6c5)ccc43)ccc2-c2c1ccc1c2oc2ccccc21. The molecule has 0 radical (unpaired) electrons. The average molecular weight is 576 g/mol. The molecule has 1 aliphatic carbocycles. The second kappa shape index (κ2) is 8.74. The predicted molar refractivity (Wildman–Crippen MR) is 189 cm³/mol. The summed E-state index contributed by atoms with van der Waals surface area (Å²) in [6.45, 7) is 4.69. The Labute approximate surface area is 260 Å². The first-order chi connectivity index (χ1) is 22.1. The van der Waals surface area contributed by atoms with Gasteiger partial charge in [-0.3, -0.25) is 0 Å². The van der Waals surface area contributed by atoms with E-state index in [0.29, 0.717) is 0 Å². The van der Waals surface area contributed by atoms with Gasteiger partial charge < -0.3 is 8.98 Å². The quantitative estimate of drug-likeness (QED) is 0.200. The van der Waals surface area contributed by atoms with Crippen molar-refractivity contribution in [2.75, 3.05) is 0 Å². The molecule has 0 fully saturated rings. The third-order valence-corrected chi connectivity index (χ3v) is 10.2. The van der Waals surface area contributed by atoms with E-state index in [4.69, 9.17) is 4.42 Å². The first-order valence-corrected chi connectivity index (χ1v) is 15.7. The molecule has 0 spiro atoms. The highest BCUT2D eigenvalue weighted by Gasteiger charge is 2.38. The predicted octanol–water partition coefficient (Wildman–Crippen LogP) is 11.8. The van der Waals surface area contributed by atoms with Crippen molar-refractivity contribution < 1.29 is 4.42 Å². The van der Waals surface area contributed by atoms with Crippen LogP contribution in [0.5, 0.6) is 0 Å². The molecular weight excluding hydrogens is 546 g/mol. The van der Waals surface area contributed by atoms with Crippen LogP contribution in [0.25, 0.3) is 82.5 Å². The van der Waals surface area contributed by atoms with Crippen LogP contribution in [0.3, 0.4) is 0 Å². The Morgan fingerprint density at radius 3 is 2.16 bits per heavy atom. The number of hydrogen-bond donors (Lipinski definition) is 0. The summed E-state index contributed by atoms with van der Waals surface area (Å²) in [7, 11) is 0. The molecule has 0 saturated heterocycles. The number of aromatic nitrogens is 1. The van der Waals surface area contributed by atoms with Gasteiger partial charge in [-0.05, 0) is 81.1 Å². The zero-order valence-corrected chi connectivity index (χ0v) is 25.1. The highest BCUT2D eigenvalue weighted by atomic mass is 16.3. The number of furan rings is 1. The standard InChI is InChI=1S/C43H29NO/c1-43(2)36-21-20-33-32-12-6-8-14-40(32)45-42(33)41(36)34-19-18-30(25-37(34)43)44-38-13-7-5-11-31(38)35-24-29(17-22-39(35)44)28-16-15-26-9-3-4-10-27(26)23-28/h3-25H,1-2H3. The smallest absolute Gasteiger partial charge is 0.143 e. The van der Waals surface area contributed by atoms with Crippen molar-refractivity contribution in [3.05, 3.63) is 151 Å². The van der Waals surface area contributed by atoms with Crippen molar-refractivity contribution in [1.29, 1.82) is 0 Å². The second-order valence-corrected chi connectivity index (χ2v) is 13.0. The fourth-order valence-electron chi connectivity index (χ4n) is 7.93. The van der Waals surface area contributed by atoms with E-state index < -0.39 is 0 Å². The summed E-state index contributed by atoms with van der Waals surface area (Å²) < 4.78 is 8.96. The number of rotatable bonds is 2.